The van der Waals surface area contributed by atoms with Gasteiger partial charge < -0.3 is 15.8 Å². The summed E-state index contributed by atoms with van der Waals surface area (Å²) in [6.45, 7) is 2.84. The van der Waals surface area contributed by atoms with Gasteiger partial charge in [-0.15, -0.1) is 0 Å². The molecule has 1 rings (SSSR count). The molecule has 0 spiro atoms. The number of nitrogens with zero attached hydrogens (tertiary/aromatic N) is 1. The lowest BCUT2D eigenvalue weighted by atomic mass is 10.3. The number of ether oxygens (including phenoxy) is 1. The lowest BCUT2D eigenvalue weighted by Crippen LogP contribution is -2.36. The van der Waals surface area contributed by atoms with Gasteiger partial charge in [0.05, 0.1) is 13.2 Å². The second kappa shape index (κ2) is 9.41. The fraction of sp³-hybridized carbons (Fsp3) is 0.500. The van der Waals surface area contributed by atoms with Crippen molar-refractivity contribution in [3.05, 3.63) is 30.1 Å². The van der Waals surface area contributed by atoms with Crippen LogP contribution in [0, 0.1) is 5.82 Å². The molecule has 0 bridgehead atoms. The first kappa shape index (κ1) is 16.6. The molecule has 0 aromatic heterocycles. The minimum absolute atomic E-state index is 0.135. The van der Waals surface area contributed by atoms with Gasteiger partial charge in [0.25, 0.3) is 0 Å². The summed E-state index contributed by atoms with van der Waals surface area (Å²) in [7, 11) is 1.62. The molecule has 3 N–H and O–H groups in total. The van der Waals surface area contributed by atoms with Crippen molar-refractivity contribution >= 4 is 11.6 Å². The van der Waals surface area contributed by atoms with Gasteiger partial charge in [0.1, 0.15) is 5.82 Å². The molecule has 0 heterocycles. The first-order chi connectivity index (χ1) is 9.65. The van der Waals surface area contributed by atoms with Crippen LogP contribution in [0.1, 0.15) is 6.42 Å². The molecule has 0 aliphatic carbocycles. The first-order valence-corrected chi connectivity index (χ1v) is 6.62. The minimum atomic E-state index is -0.326. The van der Waals surface area contributed by atoms with E-state index >= 15 is 0 Å². The molecule has 6 heteroatoms. The molecule has 0 saturated carbocycles. The molecule has 0 fully saturated rings. The van der Waals surface area contributed by atoms with Gasteiger partial charge in [-0.05, 0) is 43.8 Å². The van der Waals surface area contributed by atoms with Crippen molar-refractivity contribution in [3.63, 3.8) is 0 Å². The SMILES string of the molecule is COCCN(CCCN)CC(=O)Nc1ccc(F)cc1. The molecular formula is C14H22FN3O2. The first-order valence-electron chi connectivity index (χ1n) is 6.62. The van der Waals surface area contributed by atoms with Crippen molar-refractivity contribution in [2.24, 2.45) is 5.73 Å². The number of rotatable bonds is 9. The van der Waals surface area contributed by atoms with Crippen molar-refractivity contribution < 1.29 is 13.9 Å². The maximum atomic E-state index is 12.8. The van der Waals surface area contributed by atoms with E-state index in [-0.39, 0.29) is 18.3 Å². The number of carbonyl (C=O) groups is 1. The quantitative estimate of drug-likeness (QED) is 0.711. The van der Waals surface area contributed by atoms with E-state index in [1.165, 1.54) is 24.3 Å². The van der Waals surface area contributed by atoms with E-state index in [0.29, 0.717) is 25.4 Å². The van der Waals surface area contributed by atoms with Crippen LogP contribution in [-0.2, 0) is 9.53 Å². The Labute approximate surface area is 118 Å². The molecular weight excluding hydrogens is 261 g/mol. The fourth-order valence-corrected chi connectivity index (χ4v) is 1.74. The van der Waals surface area contributed by atoms with Crippen LogP contribution in [0.2, 0.25) is 0 Å². The summed E-state index contributed by atoms with van der Waals surface area (Å²) < 4.78 is 17.8. The van der Waals surface area contributed by atoms with Gasteiger partial charge in [-0.2, -0.15) is 0 Å². The summed E-state index contributed by atoms with van der Waals surface area (Å²) in [6.07, 6.45) is 0.827. The Kier molecular flexibility index (Phi) is 7.79. The van der Waals surface area contributed by atoms with Gasteiger partial charge in [-0.3, -0.25) is 9.69 Å². The van der Waals surface area contributed by atoms with E-state index in [4.69, 9.17) is 10.5 Å². The van der Waals surface area contributed by atoms with Crippen LogP contribution >= 0.6 is 0 Å². The highest BCUT2D eigenvalue weighted by molar-refractivity contribution is 5.92. The zero-order valence-electron chi connectivity index (χ0n) is 11.8. The molecule has 0 saturated heterocycles. The molecule has 0 aliphatic rings. The molecule has 5 nitrogen and oxygen atoms in total. The highest BCUT2D eigenvalue weighted by atomic mass is 19.1. The molecule has 0 unspecified atom stereocenters. The van der Waals surface area contributed by atoms with E-state index in [1.54, 1.807) is 7.11 Å². The van der Waals surface area contributed by atoms with Crippen LogP contribution in [0.5, 0.6) is 0 Å². The monoisotopic (exact) mass is 283 g/mol. The molecule has 1 amide bonds. The standard InChI is InChI=1S/C14H22FN3O2/c1-20-10-9-18(8-2-7-16)11-14(19)17-13-5-3-12(15)4-6-13/h3-6H,2,7-11,16H2,1H3,(H,17,19). The summed E-state index contributed by atoms with van der Waals surface area (Å²) in [5.74, 6) is -0.461. The van der Waals surface area contributed by atoms with E-state index in [9.17, 15) is 9.18 Å². The van der Waals surface area contributed by atoms with Crippen LogP contribution < -0.4 is 11.1 Å². The predicted molar refractivity (Wildman–Crippen MR) is 77.0 cm³/mol. The average molecular weight is 283 g/mol. The Balaban J connectivity index is 2.45. The maximum Gasteiger partial charge on any atom is 0.238 e. The Morgan fingerprint density at radius 2 is 2.05 bits per heavy atom. The number of halogens is 1. The molecule has 0 atom stereocenters. The third-order valence-electron chi connectivity index (χ3n) is 2.79. The highest BCUT2D eigenvalue weighted by Gasteiger charge is 2.10. The van der Waals surface area contributed by atoms with Gasteiger partial charge in [0, 0.05) is 19.3 Å². The van der Waals surface area contributed by atoms with Gasteiger partial charge in [-0.1, -0.05) is 0 Å². The number of carbonyl (C=O) groups excluding carboxylic acids is 1. The van der Waals surface area contributed by atoms with Crippen molar-refractivity contribution in [1.82, 2.24) is 4.90 Å². The van der Waals surface area contributed by atoms with Crippen LogP contribution in [0.4, 0.5) is 10.1 Å². The number of hydrogen-bond donors (Lipinski definition) is 2. The Morgan fingerprint density at radius 3 is 2.65 bits per heavy atom. The van der Waals surface area contributed by atoms with Gasteiger partial charge >= 0.3 is 0 Å². The normalized spacial score (nSPS) is 10.8. The fourth-order valence-electron chi connectivity index (χ4n) is 1.74. The molecule has 1 aromatic carbocycles. The van der Waals surface area contributed by atoms with E-state index in [0.717, 1.165) is 13.0 Å². The summed E-state index contributed by atoms with van der Waals surface area (Å²) >= 11 is 0. The lowest BCUT2D eigenvalue weighted by molar-refractivity contribution is -0.117. The summed E-state index contributed by atoms with van der Waals surface area (Å²) in [5.41, 5.74) is 6.07. The average Bonchev–Trinajstić information content (AvgIpc) is 2.44. The van der Waals surface area contributed by atoms with Crippen molar-refractivity contribution in [2.75, 3.05) is 45.2 Å². The predicted octanol–water partition coefficient (Wildman–Crippen LogP) is 1.06. The van der Waals surface area contributed by atoms with E-state index in [2.05, 4.69) is 5.32 Å². The van der Waals surface area contributed by atoms with Crippen LogP contribution in [0.25, 0.3) is 0 Å². The molecule has 112 valence electrons. The molecule has 0 radical (unpaired) electrons. The summed E-state index contributed by atoms with van der Waals surface area (Å²) in [4.78, 5) is 13.9. The summed E-state index contributed by atoms with van der Waals surface area (Å²) in [5, 5.41) is 2.73. The number of methoxy groups -OCH3 is 1. The number of hydrogen-bond acceptors (Lipinski definition) is 4. The Morgan fingerprint density at radius 1 is 1.35 bits per heavy atom. The largest absolute Gasteiger partial charge is 0.383 e. The number of nitrogens with two attached hydrogens (primary N) is 1. The number of anilines is 1. The number of amides is 1. The molecule has 0 aliphatic heterocycles. The van der Waals surface area contributed by atoms with Crippen LogP contribution in [-0.4, -0.2) is 50.7 Å². The van der Waals surface area contributed by atoms with Gasteiger partial charge in [0.15, 0.2) is 0 Å². The molecule has 1 aromatic rings. The maximum absolute atomic E-state index is 12.8. The zero-order valence-corrected chi connectivity index (χ0v) is 11.8. The third kappa shape index (κ3) is 6.60. The minimum Gasteiger partial charge on any atom is -0.383 e. The second-order valence-electron chi connectivity index (χ2n) is 4.47. The number of benzene rings is 1. The topological polar surface area (TPSA) is 67.6 Å². The highest BCUT2D eigenvalue weighted by Crippen LogP contribution is 2.08. The zero-order chi connectivity index (χ0) is 14.8. The van der Waals surface area contributed by atoms with Crippen LogP contribution in [0.15, 0.2) is 24.3 Å². The second-order valence-corrected chi connectivity index (χ2v) is 4.47. The molecule has 20 heavy (non-hydrogen) atoms. The van der Waals surface area contributed by atoms with E-state index in [1.807, 2.05) is 4.90 Å². The third-order valence-corrected chi connectivity index (χ3v) is 2.79. The van der Waals surface area contributed by atoms with Crippen molar-refractivity contribution in [2.45, 2.75) is 6.42 Å². The smallest absolute Gasteiger partial charge is 0.238 e. The Hall–Kier alpha value is -1.50. The van der Waals surface area contributed by atoms with Crippen LogP contribution in [0.3, 0.4) is 0 Å². The van der Waals surface area contributed by atoms with Crippen molar-refractivity contribution in [1.29, 1.82) is 0 Å². The number of nitrogens with one attached hydrogen (secondary N) is 1. The van der Waals surface area contributed by atoms with E-state index < -0.39 is 0 Å². The summed E-state index contributed by atoms with van der Waals surface area (Å²) in [6, 6.07) is 5.69. The van der Waals surface area contributed by atoms with Crippen molar-refractivity contribution in [3.8, 4) is 0 Å². The lowest BCUT2D eigenvalue weighted by Gasteiger charge is -2.21. The Bertz CT molecular complexity index is 390. The van der Waals surface area contributed by atoms with Gasteiger partial charge in [-0.25, -0.2) is 4.39 Å². The van der Waals surface area contributed by atoms with Gasteiger partial charge in [0.2, 0.25) is 5.91 Å².